The standard InChI is InChI=1S/C13H9.C10H10O.C2H6Si.2ClH.Zr/c1-3-7-12-10(5-1)9-11-6-2-4-8-13(11)12;1-7-6-8-4-2-3-5-9(8)10(7)11;1-3-2;;;/h1-9H;2-6,10-11H,1H3;1-2H3;2*1H;/q-1;;;;;+2/p-2. The number of benzene rings is 3. The van der Waals surface area contributed by atoms with Crippen LogP contribution in [0.4, 0.5) is 0 Å². The van der Waals surface area contributed by atoms with Gasteiger partial charge in [0.05, 0.1) is 0 Å². The summed E-state index contributed by atoms with van der Waals surface area (Å²) in [7, 11) is 11.0. The molecule has 2 radical (unpaired) electrons. The van der Waals surface area contributed by atoms with Gasteiger partial charge in [-0.3, -0.25) is 0 Å². The van der Waals surface area contributed by atoms with Crippen molar-refractivity contribution in [3.8, 4) is 0 Å². The Hall–Kier alpha value is -1.09. The molecule has 1 aliphatic rings. The molecule has 0 amide bonds. The van der Waals surface area contributed by atoms with Crippen LogP contribution in [0, 0.1) is 0 Å². The second-order valence-electron chi connectivity index (χ2n) is 6.81. The Morgan fingerprint density at radius 2 is 1.27 bits per heavy atom. The second kappa shape index (κ2) is 13.3. The van der Waals surface area contributed by atoms with Crippen LogP contribution in [0.25, 0.3) is 27.6 Å². The van der Waals surface area contributed by atoms with Crippen LogP contribution in [0.2, 0.25) is 13.1 Å². The minimum absolute atomic E-state index is 0.369. The van der Waals surface area contributed by atoms with Gasteiger partial charge >= 0.3 is 37.9 Å². The van der Waals surface area contributed by atoms with Gasteiger partial charge in [0.1, 0.15) is 6.10 Å². The molecule has 1 N–H and O–H groups in total. The van der Waals surface area contributed by atoms with Crippen LogP contribution in [0.15, 0.2) is 84.4 Å². The Bertz CT molecular complexity index is 1040. The molecule has 30 heavy (non-hydrogen) atoms. The van der Waals surface area contributed by atoms with Crippen molar-refractivity contribution in [2.24, 2.45) is 0 Å². The fourth-order valence-corrected chi connectivity index (χ4v) is 3.36. The van der Waals surface area contributed by atoms with Gasteiger partial charge in [0.15, 0.2) is 0 Å². The Kier molecular flexibility index (Phi) is 11.2. The van der Waals surface area contributed by atoms with Gasteiger partial charge in [-0.05, 0) is 23.6 Å². The quantitative estimate of drug-likeness (QED) is 0.180. The van der Waals surface area contributed by atoms with Gasteiger partial charge in [0.2, 0.25) is 0 Å². The van der Waals surface area contributed by atoms with E-state index < -0.39 is 20.8 Å². The van der Waals surface area contributed by atoms with E-state index in [1.807, 2.05) is 37.3 Å². The molecule has 0 heterocycles. The largest absolute Gasteiger partial charge is 0.126 e. The van der Waals surface area contributed by atoms with Crippen LogP contribution >= 0.6 is 17.0 Å². The van der Waals surface area contributed by atoms with E-state index in [2.05, 4.69) is 67.7 Å². The third-order valence-corrected chi connectivity index (χ3v) is 4.63. The first-order valence-corrected chi connectivity index (χ1v) is 17.9. The predicted octanol–water partition coefficient (Wildman–Crippen LogP) is 8.01. The van der Waals surface area contributed by atoms with Gasteiger partial charge in [0.25, 0.3) is 0 Å². The van der Waals surface area contributed by atoms with Crippen LogP contribution in [-0.4, -0.2) is 14.6 Å². The van der Waals surface area contributed by atoms with E-state index in [-0.39, 0.29) is 6.10 Å². The van der Waals surface area contributed by atoms with Gasteiger partial charge in [-0.15, -0.1) is 39.7 Å². The van der Waals surface area contributed by atoms with E-state index in [0.717, 1.165) is 26.2 Å². The molecule has 0 aromatic heterocycles. The van der Waals surface area contributed by atoms with E-state index >= 15 is 0 Å². The zero-order valence-corrected chi connectivity index (χ0v) is 22.3. The summed E-state index contributed by atoms with van der Waals surface area (Å²) in [6, 6.07) is 27.2. The average molecular weight is 532 g/mol. The molecule has 5 rings (SSSR count). The molecule has 0 aliphatic heterocycles. The maximum Gasteiger partial charge on any atom is -0.0771 e. The fourth-order valence-electron chi connectivity index (χ4n) is 3.36. The molecule has 1 aliphatic carbocycles. The summed E-state index contributed by atoms with van der Waals surface area (Å²) < 4.78 is 0. The monoisotopic (exact) mass is 529 g/mol. The van der Waals surface area contributed by atoms with Crippen molar-refractivity contribution < 1.29 is 26.0 Å². The molecule has 1 unspecified atom stereocenters. The van der Waals surface area contributed by atoms with Gasteiger partial charge in [-0.25, -0.2) is 0 Å². The molecule has 0 fully saturated rings. The van der Waals surface area contributed by atoms with Crippen molar-refractivity contribution in [1.29, 1.82) is 0 Å². The zero-order chi connectivity index (χ0) is 21.9. The Labute approximate surface area is 200 Å². The molecule has 1 atom stereocenters. The molecule has 154 valence electrons. The van der Waals surface area contributed by atoms with E-state index in [9.17, 15) is 5.11 Å². The fraction of sp³-hybridized carbons (Fsp3) is 0.160. The van der Waals surface area contributed by atoms with E-state index in [4.69, 9.17) is 17.0 Å². The van der Waals surface area contributed by atoms with Gasteiger partial charge in [-0.1, -0.05) is 79.8 Å². The molecule has 4 aromatic carbocycles. The molecule has 1 nitrogen and oxygen atoms in total. The number of halogens is 2. The van der Waals surface area contributed by atoms with Crippen molar-refractivity contribution in [3.63, 3.8) is 0 Å². The van der Waals surface area contributed by atoms with E-state index in [0.29, 0.717) is 0 Å². The maximum atomic E-state index is 9.58. The third-order valence-electron chi connectivity index (χ3n) is 4.63. The number of aliphatic hydroxyl groups is 1. The summed E-state index contributed by atoms with van der Waals surface area (Å²) in [6.07, 6.45) is 1.66. The first-order chi connectivity index (χ1) is 14.6. The van der Waals surface area contributed by atoms with Gasteiger partial charge in [-0.2, -0.15) is 0 Å². The van der Waals surface area contributed by atoms with Crippen LogP contribution in [0.3, 0.4) is 0 Å². The Morgan fingerprint density at radius 3 is 1.77 bits per heavy atom. The number of rotatable bonds is 0. The van der Waals surface area contributed by atoms with Crippen molar-refractivity contribution in [2.75, 3.05) is 0 Å². The molecule has 5 heteroatoms. The first kappa shape index (κ1) is 25.2. The predicted molar refractivity (Wildman–Crippen MR) is 131 cm³/mol. The van der Waals surface area contributed by atoms with Crippen LogP contribution in [0.5, 0.6) is 0 Å². The summed E-state index contributed by atoms with van der Waals surface area (Å²) in [5, 5.41) is 15.0. The summed E-state index contributed by atoms with van der Waals surface area (Å²) in [5.74, 6) is 0. The maximum absolute atomic E-state index is 9.58. The smallest absolute Gasteiger partial charge is 0.0771 e. The minimum Gasteiger partial charge on any atom is -0.126 e. The number of aliphatic hydroxyl groups excluding tert-OH is 1. The van der Waals surface area contributed by atoms with Crippen molar-refractivity contribution >= 4 is 54.2 Å². The normalized spacial score (nSPS) is 13.7. The van der Waals surface area contributed by atoms with Crippen LogP contribution < -0.4 is 0 Å². The summed E-state index contributed by atoms with van der Waals surface area (Å²) >= 11 is -0.826. The number of hydrogen-bond acceptors (Lipinski definition) is 1. The topological polar surface area (TPSA) is 20.2 Å². The molecule has 0 spiro atoms. The molecular weight excluding hydrogens is 506 g/mol. The SMILES string of the molecule is CC1=Cc2ccccc2C1O.C[Si]C.[Cl][Zr][Cl].c1ccc2c(c1)[cH-]c1ccccc12. The minimum atomic E-state index is -0.826. The van der Waals surface area contributed by atoms with Crippen molar-refractivity contribution in [1.82, 2.24) is 0 Å². The summed E-state index contributed by atoms with van der Waals surface area (Å²) in [4.78, 5) is 0. The van der Waals surface area contributed by atoms with Crippen molar-refractivity contribution in [2.45, 2.75) is 26.1 Å². The molecular formula is C25H25Cl2OSiZr-. The Morgan fingerprint density at radius 1 is 0.833 bits per heavy atom. The first-order valence-electron chi connectivity index (χ1n) is 9.60. The second-order valence-corrected chi connectivity index (χ2v) is 11.5. The van der Waals surface area contributed by atoms with Crippen LogP contribution in [0.1, 0.15) is 24.2 Å². The zero-order valence-electron chi connectivity index (χ0n) is 17.4. The third kappa shape index (κ3) is 6.70. The van der Waals surface area contributed by atoms with E-state index in [1.165, 1.54) is 21.5 Å². The molecule has 0 saturated heterocycles. The van der Waals surface area contributed by atoms with Gasteiger partial charge < -0.3 is 5.11 Å². The summed E-state index contributed by atoms with van der Waals surface area (Å²) in [5.41, 5.74) is 3.22. The average Bonchev–Trinajstić information content (AvgIpc) is 3.27. The number of hydrogen-bond donors (Lipinski definition) is 1. The molecule has 0 bridgehead atoms. The number of fused-ring (bicyclic) bond motifs is 4. The van der Waals surface area contributed by atoms with Crippen LogP contribution in [-0.2, 0) is 20.8 Å². The van der Waals surface area contributed by atoms with E-state index in [1.54, 1.807) is 0 Å². The van der Waals surface area contributed by atoms with Crippen molar-refractivity contribution in [3.05, 3.63) is 95.6 Å². The van der Waals surface area contributed by atoms with Gasteiger partial charge in [0, 0.05) is 9.52 Å². The Balaban J connectivity index is 0.000000172. The summed E-state index contributed by atoms with van der Waals surface area (Å²) in [6.45, 7) is 6.25. The molecule has 4 aromatic rings. The molecule has 0 saturated carbocycles.